The number of methoxy groups -OCH3 is 1. The van der Waals surface area contributed by atoms with Gasteiger partial charge in [0.05, 0.1) is 30.8 Å². The molecule has 0 bridgehead atoms. The summed E-state index contributed by atoms with van der Waals surface area (Å²) < 4.78 is 4.79. The number of aromatic nitrogens is 2. The van der Waals surface area contributed by atoms with Crippen LogP contribution < -0.4 is 5.32 Å². The Labute approximate surface area is 168 Å². The van der Waals surface area contributed by atoms with Gasteiger partial charge in [0.1, 0.15) is 11.5 Å². The van der Waals surface area contributed by atoms with Gasteiger partial charge in [-0.15, -0.1) is 0 Å². The Balaban J connectivity index is 1.48. The number of esters is 1. The van der Waals surface area contributed by atoms with Crippen LogP contribution in [0.1, 0.15) is 32.0 Å². The summed E-state index contributed by atoms with van der Waals surface area (Å²) >= 11 is 0. The van der Waals surface area contributed by atoms with Gasteiger partial charge in [0.2, 0.25) is 0 Å². The number of nitrogens with zero attached hydrogens (tertiary/aromatic N) is 3. The van der Waals surface area contributed by atoms with Crippen LogP contribution in [0.2, 0.25) is 0 Å². The number of nitrogens with one attached hydrogen (secondary N) is 1. The summed E-state index contributed by atoms with van der Waals surface area (Å²) in [6, 6.07) is 15.1. The Morgan fingerprint density at radius 3 is 2.52 bits per heavy atom. The van der Waals surface area contributed by atoms with Crippen molar-refractivity contribution in [2.24, 2.45) is 0 Å². The number of carbonyl (C=O) groups excluding carboxylic acids is 2. The van der Waals surface area contributed by atoms with Gasteiger partial charge in [-0.25, -0.2) is 14.8 Å². The molecule has 1 aromatic heterocycles. The van der Waals surface area contributed by atoms with E-state index in [2.05, 4.69) is 21.4 Å². The summed E-state index contributed by atoms with van der Waals surface area (Å²) in [6.07, 6.45) is 3.77. The predicted molar refractivity (Wildman–Crippen MR) is 108 cm³/mol. The number of hydrogen-bond donors (Lipinski definition) is 1. The molecule has 0 saturated heterocycles. The maximum Gasteiger partial charge on any atom is 0.339 e. The van der Waals surface area contributed by atoms with E-state index in [-0.39, 0.29) is 11.6 Å². The zero-order valence-electron chi connectivity index (χ0n) is 16.0. The average Bonchev–Trinajstić information content (AvgIpc) is 2.78. The van der Waals surface area contributed by atoms with E-state index in [1.165, 1.54) is 25.1 Å². The van der Waals surface area contributed by atoms with Crippen LogP contribution in [-0.2, 0) is 17.7 Å². The van der Waals surface area contributed by atoms with Gasteiger partial charge in [-0.3, -0.25) is 4.79 Å². The largest absolute Gasteiger partial charge is 0.465 e. The molecule has 146 valence electrons. The number of para-hydroxylation sites is 1. The van der Waals surface area contributed by atoms with Crippen molar-refractivity contribution in [2.45, 2.75) is 13.0 Å². The highest BCUT2D eigenvalue weighted by Gasteiger charge is 2.22. The van der Waals surface area contributed by atoms with Crippen LogP contribution in [-0.4, -0.2) is 40.4 Å². The van der Waals surface area contributed by atoms with Gasteiger partial charge in [0, 0.05) is 13.1 Å². The quantitative estimate of drug-likeness (QED) is 0.691. The van der Waals surface area contributed by atoms with E-state index in [9.17, 15) is 9.59 Å². The number of anilines is 2. The van der Waals surface area contributed by atoms with Crippen LogP contribution >= 0.6 is 0 Å². The molecule has 1 aliphatic heterocycles. The Hall–Kier alpha value is -3.74. The van der Waals surface area contributed by atoms with E-state index < -0.39 is 5.97 Å². The fraction of sp³-hybridized carbons (Fsp3) is 0.182. The summed E-state index contributed by atoms with van der Waals surface area (Å²) in [7, 11) is 1.33. The molecule has 4 rings (SSSR count). The molecule has 0 spiro atoms. The number of ether oxygens (including phenoxy) is 1. The third kappa shape index (κ3) is 3.94. The van der Waals surface area contributed by atoms with Crippen molar-refractivity contribution < 1.29 is 14.3 Å². The SMILES string of the molecule is COC(=O)c1ccccc1Nc1cnc(C(=O)N2CCc3ccccc3C2)cn1. The van der Waals surface area contributed by atoms with Crippen molar-refractivity contribution >= 4 is 23.4 Å². The second kappa shape index (κ2) is 8.10. The molecule has 0 atom stereocenters. The van der Waals surface area contributed by atoms with Crippen molar-refractivity contribution in [1.29, 1.82) is 0 Å². The molecule has 7 nitrogen and oxygen atoms in total. The first-order chi connectivity index (χ1) is 14.2. The number of fused-ring (bicyclic) bond motifs is 1. The summed E-state index contributed by atoms with van der Waals surface area (Å²) in [6.45, 7) is 1.23. The van der Waals surface area contributed by atoms with E-state index in [4.69, 9.17) is 4.74 Å². The van der Waals surface area contributed by atoms with Crippen LogP contribution in [0.5, 0.6) is 0 Å². The topological polar surface area (TPSA) is 84.4 Å². The zero-order valence-corrected chi connectivity index (χ0v) is 16.0. The Kier molecular flexibility index (Phi) is 5.20. The normalized spacial score (nSPS) is 12.8. The highest BCUT2D eigenvalue weighted by atomic mass is 16.5. The van der Waals surface area contributed by atoms with E-state index in [1.807, 2.05) is 18.2 Å². The molecule has 7 heteroatoms. The molecular weight excluding hydrogens is 368 g/mol. The minimum absolute atomic E-state index is 0.145. The minimum Gasteiger partial charge on any atom is -0.465 e. The third-order valence-electron chi connectivity index (χ3n) is 4.88. The summed E-state index contributed by atoms with van der Waals surface area (Å²) in [4.78, 5) is 35.0. The van der Waals surface area contributed by atoms with Gasteiger partial charge in [-0.1, -0.05) is 36.4 Å². The first-order valence-electron chi connectivity index (χ1n) is 9.28. The van der Waals surface area contributed by atoms with Crippen LogP contribution in [0.4, 0.5) is 11.5 Å². The first-order valence-corrected chi connectivity index (χ1v) is 9.28. The van der Waals surface area contributed by atoms with Crippen molar-refractivity contribution in [3.8, 4) is 0 Å². The first kappa shape index (κ1) is 18.6. The number of carbonyl (C=O) groups is 2. The van der Waals surface area contributed by atoms with Crippen molar-refractivity contribution in [3.05, 3.63) is 83.3 Å². The lowest BCUT2D eigenvalue weighted by molar-refractivity contribution is 0.0601. The number of hydrogen-bond acceptors (Lipinski definition) is 6. The molecule has 0 saturated carbocycles. The van der Waals surface area contributed by atoms with E-state index >= 15 is 0 Å². The van der Waals surface area contributed by atoms with Gasteiger partial charge in [-0.2, -0.15) is 0 Å². The molecule has 1 N–H and O–H groups in total. The predicted octanol–water partition coefficient (Wildman–Crippen LogP) is 3.21. The van der Waals surface area contributed by atoms with Gasteiger partial charge in [0.15, 0.2) is 0 Å². The van der Waals surface area contributed by atoms with Gasteiger partial charge in [-0.05, 0) is 29.7 Å². The van der Waals surface area contributed by atoms with Crippen LogP contribution in [0.3, 0.4) is 0 Å². The smallest absolute Gasteiger partial charge is 0.339 e. The second-order valence-corrected chi connectivity index (χ2v) is 6.69. The highest BCUT2D eigenvalue weighted by molar-refractivity contribution is 5.96. The molecule has 0 fully saturated rings. The Morgan fingerprint density at radius 1 is 1.00 bits per heavy atom. The lowest BCUT2D eigenvalue weighted by atomic mass is 10.00. The molecule has 3 aromatic rings. The highest BCUT2D eigenvalue weighted by Crippen LogP contribution is 2.22. The molecular formula is C22H20N4O3. The lowest BCUT2D eigenvalue weighted by Crippen LogP contribution is -2.36. The zero-order chi connectivity index (χ0) is 20.2. The Morgan fingerprint density at radius 2 is 1.76 bits per heavy atom. The molecule has 2 heterocycles. The second-order valence-electron chi connectivity index (χ2n) is 6.69. The van der Waals surface area contributed by atoms with Gasteiger partial charge in [0.25, 0.3) is 5.91 Å². The van der Waals surface area contributed by atoms with E-state index in [0.717, 1.165) is 12.0 Å². The van der Waals surface area contributed by atoms with Crippen molar-refractivity contribution in [3.63, 3.8) is 0 Å². The number of amides is 1. The number of rotatable bonds is 4. The van der Waals surface area contributed by atoms with Crippen LogP contribution in [0.25, 0.3) is 0 Å². The third-order valence-corrected chi connectivity index (χ3v) is 4.88. The van der Waals surface area contributed by atoms with Crippen LogP contribution in [0, 0.1) is 0 Å². The van der Waals surface area contributed by atoms with Crippen molar-refractivity contribution in [1.82, 2.24) is 14.9 Å². The molecule has 0 unspecified atom stereocenters. The lowest BCUT2D eigenvalue weighted by Gasteiger charge is -2.28. The fourth-order valence-electron chi connectivity index (χ4n) is 3.35. The standard InChI is InChI=1S/C22H20N4O3/c1-29-22(28)17-8-4-5-9-18(17)25-20-13-23-19(12-24-20)21(27)26-11-10-15-6-2-3-7-16(15)14-26/h2-9,12-13H,10-11,14H2,1H3,(H,24,25). The summed E-state index contributed by atoms with van der Waals surface area (Å²) in [5.74, 6) is -0.159. The van der Waals surface area contributed by atoms with E-state index in [0.29, 0.717) is 30.2 Å². The fourth-order valence-corrected chi connectivity index (χ4v) is 3.35. The molecule has 0 aliphatic carbocycles. The molecule has 0 radical (unpaired) electrons. The minimum atomic E-state index is -0.446. The maximum atomic E-state index is 12.8. The molecule has 1 aliphatic rings. The van der Waals surface area contributed by atoms with Gasteiger partial charge >= 0.3 is 5.97 Å². The summed E-state index contributed by atoms with van der Waals surface area (Å²) in [5.41, 5.74) is 3.68. The Bertz CT molecular complexity index is 1050. The maximum absolute atomic E-state index is 12.8. The monoisotopic (exact) mass is 388 g/mol. The summed E-state index contributed by atoms with van der Waals surface area (Å²) in [5, 5.41) is 3.05. The number of benzene rings is 2. The molecule has 1 amide bonds. The van der Waals surface area contributed by atoms with Crippen molar-refractivity contribution in [2.75, 3.05) is 19.0 Å². The average molecular weight is 388 g/mol. The molecule has 2 aromatic carbocycles. The molecule has 29 heavy (non-hydrogen) atoms. The van der Waals surface area contributed by atoms with Gasteiger partial charge < -0.3 is 15.0 Å². The van der Waals surface area contributed by atoms with Crippen LogP contribution in [0.15, 0.2) is 60.9 Å². The van der Waals surface area contributed by atoms with E-state index in [1.54, 1.807) is 29.2 Å².